The van der Waals surface area contributed by atoms with Gasteiger partial charge < -0.3 is 9.47 Å². The number of carbonyl (C=O) groups is 2. The topological polar surface area (TPSA) is 59.1 Å². The molecule has 0 N–H and O–H groups in total. The zero-order valence-electron chi connectivity index (χ0n) is 14.0. The lowest BCUT2D eigenvalue weighted by atomic mass is 9.90. The fourth-order valence-electron chi connectivity index (χ4n) is 3.50. The minimum atomic E-state index is -1.42. The first-order valence-corrected chi connectivity index (χ1v) is 9.09. The Morgan fingerprint density at radius 3 is 2.38 bits per heavy atom. The van der Waals surface area contributed by atoms with Gasteiger partial charge in [0, 0.05) is 25.3 Å². The summed E-state index contributed by atoms with van der Waals surface area (Å²) in [7, 11) is 0. The molecular formula is C17H21BrN2O4. The largest absolute Gasteiger partial charge is 0.354 e. The third-order valence-electron chi connectivity index (χ3n) is 4.46. The first-order chi connectivity index (χ1) is 11.5. The predicted molar refractivity (Wildman–Crippen MR) is 91.5 cm³/mol. The van der Waals surface area contributed by atoms with Crippen molar-refractivity contribution < 1.29 is 19.1 Å². The number of benzene rings is 1. The molecule has 0 spiro atoms. The molecule has 1 aromatic carbocycles. The van der Waals surface area contributed by atoms with Crippen LogP contribution in [0.5, 0.6) is 0 Å². The normalized spacial score (nSPS) is 29.0. The van der Waals surface area contributed by atoms with Crippen LogP contribution in [0.15, 0.2) is 24.3 Å². The van der Waals surface area contributed by atoms with Gasteiger partial charge in [-0.3, -0.25) is 14.6 Å². The van der Waals surface area contributed by atoms with Crippen molar-refractivity contribution in [3.63, 3.8) is 0 Å². The smallest absolute Gasteiger partial charge is 0.331 e. The van der Waals surface area contributed by atoms with Crippen LogP contribution < -0.4 is 0 Å². The summed E-state index contributed by atoms with van der Waals surface area (Å²) in [5, 5.41) is 0. The fourth-order valence-corrected chi connectivity index (χ4v) is 4.47. The first-order valence-electron chi connectivity index (χ1n) is 8.18. The van der Waals surface area contributed by atoms with Crippen molar-refractivity contribution in [2.45, 2.75) is 37.6 Å². The quantitative estimate of drug-likeness (QED) is 0.566. The molecule has 0 saturated carbocycles. The summed E-state index contributed by atoms with van der Waals surface area (Å²) >= 11 is 3.63. The molecule has 3 unspecified atom stereocenters. The Kier molecular flexibility index (Phi) is 4.68. The predicted octanol–water partition coefficient (Wildman–Crippen LogP) is 3.19. The van der Waals surface area contributed by atoms with E-state index in [1.807, 2.05) is 38.1 Å². The summed E-state index contributed by atoms with van der Waals surface area (Å²) in [5.74, 6) is -0.349. The van der Waals surface area contributed by atoms with Crippen LogP contribution in [0.4, 0.5) is 4.79 Å². The van der Waals surface area contributed by atoms with Crippen molar-refractivity contribution in [1.29, 1.82) is 0 Å². The van der Waals surface area contributed by atoms with Crippen molar-refractivity contribution in [2.75, 3.05) is 19.8 Å². The third-order valence-corrected chi connectivity index (χ3v) is 5.58. The molecule has 1 fully saturated rings. The van der Waals surface area contributed by atoms with E-state index in [-0.39, 0.29) is 18.5 Å². The Bertz CT molecular complexity index is 668. The lowest BCUT2D eigenvalue weighted by Crippen LogP contribution is -2.59. The van der Waals surface area contributed by atoms with Crippen LogP contribution in [-0.2, 0) is 14.3 Å². The SMILES string of the molecule is CCOC1c2ccccc2C(Br)C2(OCC)C(=O)N(CC)C(=O)N12. The van der Waals surface area contributed by atoms with Crippen molar-refractivity contribution >= 4 is 27.9 Å². The average Bonchev–Trinajstić information content (AvgIpc) is 2.80. The van der Waals surface area contributed by atoms with Gasteiger partial charge >= 0.3 is 6.03 Å². The number of amides is 3. The van der Waals surface area contributed by atoms with Crippen molar-refractivity contribution in [2.24, 2.45) is 0 Å². The molecule has 3 rings (SSSR count). The standard InChI is InChI=1S/C17H21BrN2O4/c1-4-19-15(21)17(24-6-3)13(18)11-9-7-8-10-12(11)14(23-5-2)20(17)16(19)22/h7-10,13-14H,4-6H2,1-3H3. The highest BCUT2D eigenvalue weighted by Crippen LogP contribution is 2.54. The zero-order valence-corrected chi connectivity index (χ0v) is 15.6. The number of halogens is 1. The lowest BCUT2D eigenvalue weighted by Gasteiger charge is -2.46. The van der Waals surface area contributed by atoms with Gasteiger partial charge in [0.2, 0.25) is 5.72 Å². The van der Waals surface area contributed by atoms with Gasteiger partial charge in [-0.2, -0.15) is 0 Å². The first kappa shape index (κ1) is 17.4. The van der Waals surface area contributed by atoms with Crippen LogP contribution in [0.2, 0.25) is 0 Å². The van der Waals surface area contributed by atoms with Gasteiger partial charge in [0.1, 0.15) is 0 Å². The van der Waals surface area contributed by atoms with E-state index in [1.54, 1.807) is 6.92 Å². The van der Waals surface area contributed by atoms with Gasteiger partial charge in [-0.15, -0.1) is 0 Å². The monoisotopic (exact) mass is 396 g/mol. The van der Waals surface area contributed by atoms with Gasteiger partial charge in [-0.25, -0.2) is 4.79 Å². The average molecular weight is 397 g/mol. The van der Waals surface area contributed by atoms with E-state index in [0.29, 0.717) is 13.2 Å². The number of fused-ring (bicyclic) bond motifs is 2. The summed E-state index contributed by atoms with van der Waals surface area (Å²) < 4.78 is 11.8. The molecule has 24 heavy (non-hydrogen) atoms. The van der Waals surface area contributed by atoms with Crippen molar-refractivity contribution in [3.8, 4) is 0 Å². The molecule has 1 aromatic rings. The zero-order chi connectivity index (χ0) is 17.5. The number of urea groups is 1. The van der Waals surface area contributed by atoms with Crippen LogP contribution >= 0.6 is 15.9 Å². The molecule has 2 aliphatic heterocycles. The maximum Gasteiger partial charge on any atom is 0.331 e. The van der Waals surface area contributed by atoms with E-state index in [2.05, 4.69) is 15.9 Å². The van der Waals surface area contributed by atoms with E-state index >= 15 is 0 Å². The molecule has 3 amide bonds. The van der Waals surface area contributed by atoms with Gasteiger partial charge in [0.05, 0.1) is 4.83 Å². The minimum Gasteiger partial charge on any atom is -0.354 e. The molecule has 130 valence electrons. The molecule has 7 heteroatoms. The molecule has 3 atom stereocenters. The van der Waals surface area contributed by atoms with Gasteiger partial charge in [0.15, 0.2) is 6.23 Å². The number of carbonyl (C=O) groups excluding carboxylic acids is 2. The molecule has 0 bridgehead atoms. The number of nitrogens with zero attached hydrogens (tertiary/aromatic N) is 2. The Balaban J connectivity index is 2.25. The fraction of sp³-hybridized carbons (Fsp3) is 0.529. The van der Waals surface area contributed by atoms with Gasteiger partial charge in [-0.1, -0.05) is 40.2 Å². The second kappa shape index (κ2) is 6.46. The molecular weight excluding hydrogens is 376 g/mol. The number of rotatable bonds is 5. The maximum absolute atomic E-state index is 13.1. The number of hydrogen-bond donors (Lipinski definition) is 0. The van der Waals surface area contributed by atoms with E-state index < -0.39 is 16.8 Å². The summed E-state index contributed by atoms with van der Waals surface area (Å²) in [6, 6.07) is 7.29. The van der Waals surface area contributed by atoms with E-state index in [0.717, 1.165) is 11.1 Å². The summed E-state index contributed by atoms with van der Waals surface area (Å²) in [5.41, 5.74) is 0.353. The molecule has 6 nitrogen and oxygen atoms in total. The molecule has 1 saturated heterocycles. The van der Waals surface area contributed by atoms with Crippen LogP contribution in [-0.4, -0.2) is 47.2 Å². The highest BCUT2D eigenvalue weighted by Gasteiger charge is 2.67. The highest BCUT2D eigenvalue weighted by atomic mass is 79.9. The number of alkyl halides is 1. The van der Waals surface area contributed by atoms with Crippen LogP contribution in [0, 0.1) is 0 Å². The van der Waals surface area contributed by atoms with Crippen LogP contribution in [0.1, 0.15) is 43.0 Å². The molecule has 0 aromatic heterocycles. The maximum atomic E-state index is 13.1. The second-order valence-corrected chi connectivity index (χ2v) is 6.55. The van der Waals surface area contributed by atoms with E-state index in [4.69, 9.17) is 9.47 Å². The van der Waals surface area contributed by atoms with Crippen molar-refractivity contribution in [1.82, 2.24) is 9.80 Å². The summed E-state index contributed by atoms with van der Waals surface area (Å²) in [6.07, 6.45) is -0.653. The molecule has 0 aliphatic carbocycles. The molecule has 0 radical (unpaired) electrons. The Labute approximate surface area is 149 Å². The number of ether oxygens (including phenoxy) is 2. The Hall–Kier alpha value is -1.44. The van der Waals surface area contributed by atoms with E-state index in [9.17, 15) is 9.59 Å². The Morgan fingerprint density at radius 2 is 1.79 bits per heavy atom. The summed E-state index contributed by atoms with van der Waals surface area (Å²) in [4.78, 5) is 28.3. The van der Waals surface area contributed by atoms with Crippen LogP contribution in [0.25, 0.3) is 0 Å². The Morgan fingerprint density at radius 1 is 1.12 bits per heavy atom. The van der Waals surface area contributed by atoms with Crippen molar-refractivity contribution in [3.05, 3.63) is 35.4 Å². The lowest BCUT2D eigenvalue weighted by molar-refractivity contribution is -0.195. The molecule has 2 aliphatic rings. The van der Waals surface area contributed by atoms with Gasteiger partial charge in [0.25, 0.3) is 5.91 Å². The van der Waals surface area contributed by atoms with Gasteiger partial charge in [-0.05, 0) is 26.3 Å². The highest BCUT2D eigenvalue weighted by molar-refractivity contribution is 9.09. The molecule has 2 heterocycles. The number of likely N-dealkylation sites (N-methyl/N-ethyl adjacent to an activating group) is 1. The third kappa shape index (κ3) is 2.14. The second-order valence-electron chi connectivity index (χ2n) is 5.63. The van der Waals surface area contributed by atoms with Crippen LogP contribution in [0.3, 0.4) is 0 Å². The van der Waals surface area contributed by atoms with E-state index in [1.165, 1.54) is 9.80 Å². The minimum absolute atomic E-state index is 0.290. The summed E-state index contributed by atoms with van der Waals surface area (Å²) in [6.45, 7) is 6.46. The number of imide groups is 1. The number of hydrogen-bond acceptors (Lipinski definition) is 4.